The van der Waals surface area contributed by atoms with Crippen molar-refractivity contribution in [2.24, 2.45) is 0 Å². The van der Waals surface area contributed by atoms with Gasteiger partial charge in [0.1, 0.15) is 17.0 Å². The molecule has 0 bridgehead atoms. The third-order valence-electron chi connectivity index (χ3n) is 2.45. The zero-order valence-electron chi connectivity index (χ0n) is 9.83. The predicted octanol–water partition coefficient (Wildman–Crippen LogP) is 1.13. The summed E-state index contributed by atoms with van der Waals surface area (Å²) < 4.78 is 4.91. The first-order valence-electron chi connectivity index (χ1n) is 5.28. The molecule has 0 radical (unpaired) electrons. The molecule has 2 aromatic heterocycles. The Morgan fingerprint density at radius 3 is 3.12 bits per heavy atom. The van der Waals surface area contributed by atoms with Gasteiger partial charge < -0.3 is 14.7 Å². The molecule has 0 aliphatic carbocycles. The number of thiophene rings is 1. The smallest absolute Gasteiger partial charge is 0.140 e. The average molecular weight is 253 g/mol. The lowest BCUT2D eigenvalue weighted by atomic mass is 10.3. The number of ether oxygens (including phenoxy) is 1. The van der Waals surface area contributed by atoms with Crippen molar-refractivity contribution in [3.63, 3.8) is 0 Å². The molecule has 1 atom stereocenters. The Morgan fingerprint density at radius 1 is 1.53 bits per heavy atom. The van der Waals surface area contributed by atoms with Crippen molar-refractivity contribution >= 4 is 27.4 Å². The Kier molecular flexibility index (Phi) is 3.88. The zero-order chi connectivity index (χ0) is 12.3. The molecule has 2 heterocycles. The van der Waals surface area contributed by atoms with E-state index in [0.717, 1.165) is 16.0 Å². The molecule has 0 aromatic carbocycles. The molecule has 0 fully saturated rings. The molecule has 0 saturated carbocycles. The van der Waals surface area contributed by atoms with E-state index in [9.17, 15) is 5.11 Å². The molecule has 5 nitrogen and oxygen atoms in total. The van der Waals surface area contributed by atoms with Crippen LogP contribution in [0.1, 0.15) is 0 Å². The lowest BCUT2D eigenvalue weighted by molar-refractivity contribution is 0.0694. The van der Waals surface area contributed by atoms with Gasteiger partial charge in [-0.15, -0.1) is 11.3 Å². The van der Waals surface area contributed by atoms with E-state index in [2.05, 4.69) is 9.97 Å². The molecule has 2 rings (SSSR count). The van der Waals surface area contributed by atoms with Gasteiger partial charge in [-0.05, 0) is 11.4 Å². The minimum Gasteiger partial charge on any atom is -0.389 e. The monoisotopic (exact) mass is 253 g/mol. The molecule has 2 aromatic rings. The number of nitrogens with zero attached hydrogens (tertiary/aromatic N) is 3. The fourth-order valence-corrected chi connectivity index (χ4v) is 2.46. The molecule has 1 unspecified atom stereocenters. The highest BCUT2D eigenvalue weighted by molar-refractivity contribution is 7.16. The molecule has 6 heteroatoms. The number of anilines is 1. The van der Waals surface area contributed by atoms with E-state index in [4.69, 9.17) is 4.74 Å². The van der Waals surface area contributed by atoms with E-state index in [1.165, 1.54) is 0 Å². The summed E-state index contributed by atoms with van der Waals surface area (Å²) in [5.74, 6) is 0.839. The van der Waals surface area contributed by atoms with Crippen molar-refractivity contribution in [2.75, 3.05) is 32.2 Å². The summed E-state index contributed by atoms with van der Waals surface area (Å²) >= 11 is 1.58. The van der Waals surface area contributed by atoms with Gasteiger partial charge in [-0.1, -0.05) is 0 Å². The van der Waals surface area contributed by atoms with Gasteiger partial charge in [-0.2, -0.15) is 0 Å². The summed E-state index contributed by atoms with van der Waals surface area (Å²) in [5.41, 5.74) is 0. The number of hydrogen-bond donors (Lipinski definition) is 1. The molecule has 0 spiro atoms. The maximum Gasteiger partial charge on any atom is 0.140 e. The predicted molar refractivity (Wildman–Crippen MR) is 68.6 cm³/mol. The zero-order valence-corrected chi connectivity index (χ0v) is 10.6. The van der Waals surface area contributed by atoms with Gasteiger partial charge in [0, 0.05) is 20.7 Å². The highest BCUT2D eigenvalue weighted by atomic mass is 32.1. The van der Waals surface area contributed by atoms with Crippen molar-refractivity contribution in [2.45, 2.75) is 6.10 Å². The van der Waals surface area contributed by atoms with Gasteiger partial charge in [0.2, 0.25) is 0 Å². The Balaban J connectivity index is 2.18. The third kappa shape index (κ3) is 2.71. The molecular formula is C11H15N3O2S. The molecule has 92 valence electrons. The Hall–Kier alpha value is -1.24. The second-order valence-corrected chi connectivity index (χ2v) is 4.72. The van der Waals surface area contributed by atoms with Crippen LogP contribution in [0.2, 0.25) is 0 Å². The maximum absolute atomic E-state index is 9.70. The van der Waals surface area contributed by atoms with Crippen molar-refractivity contribution in [1.29, 1.82) is 0 Å². The van der Waals surface area contributed by atoms with Crippen LogP contribution < -0.4 is 4.90 Å². The van der Waals surface area contributed by atoms with Crippen molar-refractivity contribution in [1.82, 2.24) is 9.97 Å². The first kappa shape index (κ1) is 12.2. The quantitative estimate of drug-likeness (QED) is 0.865. The summed E-state index contributed by atoms with van der Waals surface area (Å²) in [6.07, 6.45) is 1.03. The minimum atomic E-state index is -0.520. The van der Waals surface area contributed by atoms with Crippen LogP contribution in [0.15, 0.2) is 17.8 Å². The Labute approximate surface area is 104 Å². The summed E-state index contributed by atoms with van der Waals surface area (Å²) in [7, 11) is 3.48. The molecule has 1 N–H and O–H groups in total. The van der Waals surface area contributed by atoms with E-state index in [0.29, 0.717) is 13.2 Å². The molecule has 0 amide bonds. The molecule has 17 heavy (non-hydrogen) atoms. The van der Waals surface area contributed by atoms with Crippen LogP contribution in [0.3, 0.4) is 0 Å². The van der Waals surface area contributed by atoms with E-state index in [1.54, 1.807) is 24.8 Å². The summed E-state index contributed by atoms with van der Waals surface area (Å²) in [6, 6.07) is 1.99. The van der Waals surface area contributed by atoms with Gasteiger partial charge in [0.15, 0.2) is 0 Å². The van der Waals surface area contributed by atoms with E-state index >= 15 is 0 Å². The third-order valence-corrected chi connectivity index (χ3v) is 3.27. The largest absolute Gasteiger partial charge is 0.389 e. The van der Waals surface area contributed by atoms with E-state index < -0.39 is 6.10 Å². The van der Waals surface area contributed by atoms with E-state index in [-0.39, 0.29) is 0 Å². The van der Waals surface area contributed by atoms with Gasteiger partial charge in [0.25, 0.3) is 0 Å². The van der Waals surface area contributed by atoms with Crippen LogP contribution in [0.4, 0.5) is 5.82 Å². The first-order valence-corrected chi connectivity index (χ1v) is 6.16. The van der Waals surface area contributed by atoms with Gasteiger partial charge in [-0.3, -0.25) is 0 Å². The SMILES string of the molecule is COCC(O)CN(C)c1ncnc2sccc12. The lowest BCUT2D eigenvalue weighted by Crippen LogP contribution is -2.32. The molecule has 0 aliphatic rings. The Morgan fingerprint density at radius 2 is 2.35 bits per heavy atom. The number of rotatable bonds is 5. The van der Waals surface area contributed by atoms with Crippen LogP contribution in [-0.2, 0) is 4.74 Å². The van der Waals surface area contributed by atoms with Gasteiger partial charge in [-0.25, -0.2) is 9.97 Å². The standard InChI is InChI=1S/C11H15N3O2S/c1-14(5-8(15)6-16-2)10-9-3-4-17-11(9)13-7-12-10/h3-4,7-8,15H,5-6H2,1-2H3. The minimum absolute atomic E-state index is 0.322. The average Bonchev–Trinajstić information content (AvgIpc) is 2.76. The normalized spacial score (nSPS) is 12.9. The summed E-state index contributed by atoms with van der Waals surface area (Å²) in [6.45, 7) is 0.804. The topological polar surface area (TPSA) is 58.5 Å². The highest BCUT2D eigenvalue weighted by Gasteiger charge is 2.13. The van der Waals surface area contributed by atoms with Crippen molar-refractivity contribution < 1.29 is 9.84 Å². The molecule has 0 saturated heterocycles. The number of aliphatic hydroxyl groups excluding tert-OH is 1. The highest BCUT2D eigenvalue weighted by Crippen LogP contribution is 2.25. The summed E-state index contributed by atoms with van der Waals surface area (Å²) in [4.78, 5) is 11.3. The number of aromatic nitrogens is 2. The van der Waals surface area contributed by atoms with E-state index in [1.807, 2.05) is 23.4 Å². The summed E-state index contributed by atoms with van der Waals surface area (Å²) in [5, 5.41) is 12.7. The van der Waals surface area contributed by atoms with Crippen LogP contribution in [-0.4, -0.2) is 48.5 Å². The number of hydrogen-bond acceptors (Lipinski definition) is 6. The number of aliphatic hydroxyl groups is 1. The van der Waals surface area contributed by atoms with Crippen molar-refractivity contribution in [3.05, 3.63) is 17.8 Å². The number of methoxy groups -OCH3 is 1. The fourth-order valence-electron chi connectivity index (χ4n) is 1.73. The van der Waals surface area contributed by atoms with Gasteiger partial charge >= 0.3 is 0 Å². The molecule has 0 aliphatic heterocycles. The maximum atomic E-state index is 9.70. The second-order valence-electron chi connectivity index (χ2n) is 3.83. The van der Waals surface area contributed by atoms with Crippen LogP contribution in [0.5, 0.6) is 0 Å². The van der Waals surface area contributed by atoms with Crippen LogP contribution in [0, 0.1) is 0 Å². The van der Waals surface area contributed by atoms with Crippen LogP contribution >= 0.6 is 11.3 Å². The number of fused-ring (bicyclic) bond motifs is 1. The van der Waals surface area contributed by atoms with Crippen LogP contribution in [0.25, 0.3) is 10.2 Å². The van der Waals surface area contributed by atoms with Gasteiger partial charge in [0.05, 0.1) is 18.1 Å². The Bertz CT molecular complexity index is 488. The van der Waals surface area contributed by atoms with Crippen molar-refractivity contribution in [3.8, 4) is 0 Å². The second kappa shape index (κ2) is 5.39. The first-order chi connectivity index (χ1) is 8.22. The fraction of sp³-hybridized carbons (Fsp3) is 0.455. The lowest BCUT2D eigenvalue weighted by Gasteiger charge is -2.21. The number of likely N-dealkylation sites (N-methyl/N-ethyl adjacent to an activating group) is 1. The molecular weight excluding hydrogens is 238 g/mol.